The lowest BCUT2D eigenvalue weighted by atomic mass is 9.95. The first-order valence-electron chi connectivity index (χ1n) is 13.5. The minimum Gasteiger partial charge on any atom is -0.438 e. The first kappa shape index (κ1) is 23.2. The van der Waals surface area contributed by atoms with Gasteiger partial charge in [-0.25, -0.2) is 19.9 Å². The van der Waals surface area contributed by atoms with Gasteiger partial charge in [0.15, 0.2) is 17.5 Å². The van der Waals surface area contributed by atoms with Crippen molar-refractivity contribution < 1.29 is 4.42 Å². The lowest BCUT2D eigenvalue weighted by Crippen LogP contribution is -2.00. The zero-order chi connectivity index (χ0) is 27.2. The summed E-state index contributed by atoms with van der Waals surface area (Å²) in [4.78, 5) is 19.6. The summed E-state index contributed by atoms with van der Waals surface area (Å²) < 4.78 is 6.22. The molecule has 0 aliphatic carbocycles. The molecule has 0 aliphatic heterocycles. The number of hydrogen-bond acceptors (Lipinski definition) is 5. The van der Waals surface area contributed by atoms with E-state index in [1.54, 1.807) is 0 Å². The Labute approximate surface area is 235 Å². The molecule has 192 valence electrons. The van der Waals surface area contributed by atoms with Crippen LogP contribution in [0.1, 0.15) is 0 Å². The van der Waals surface area contributed by atoms with E-state index in [4.69, 9.17) is 24.4 Å². The molecule has 0 radical (unpaired) electrons. The first-order valence-corrected chi connectivity index (χ1v) is 13.5. The molecule has 0 unspecified atom stereocenters. The van der Waals surface area contributed by atoms with Gasteiger partial charge in [0.05, 0.1) is 10.9 Å². The van der Waals surface area contributed by atoms with Crippen LogP contribution in [0.5, 0.6) is 0 Å². The molecule has 0 amide bonds. The highest BCUT2D eigenvalue weighted by Crippen LogP contribution is 2.41. The Morgan fingerprint density at radius 3 is 1.66 bits per heavy atom. The van der Waals surface area contributed by atoms with Crippen LogP contribution in [0.2, 0.25) is 0 Å². The van der Waals surface area contributed by atoms with E-state index >= 15 is 0 Å². The fourth-order valence-electron chi connectivity index (χ4n) is 5.43. The SMILES string of the molecule is c1ccc(-c2nc(-c3ccccc3)nc(-c3cccc(-c4c5ccccc5nc5oc6ccccc6c45)c3)n2)cc1. The van der Waals surface area contributed by atoms with Crippen LogP contribution in [0.15, 0.2) is 138 Å². The van der Waals surface area contributed by atoms with E-state index in [0.29, 0.717) is 23.2 Å². The van der Waals surface area contributed by atoms with Crippen molar-refractivity contribution in [1.82, 2.24) is 19.9 Å². The van der Waals surface area contributed by atoms with Crippen LogP contribution in [0, 0.1) is 0 Å². The van der Waals surface area contributed by atoms with Crippen molar-refractivity contribution in [3.05, 3.63) is 133 Å². The number of para-hydroxylation sites is 2. The molecular formula is C36H22N4O. The molecule has 0 saturated heterocycles. The number of fused-ring (bicyclic) bond motifs is 4. The van der Waals surface area contributed by atoms with Gasteiger partial charge in [0.1, 0.15) is 5.58 Å². The van der Waals surface area contributed by atoms with E-state index in [1.165, 1.54) is 0 Å². The second-order valence-electron chi connectivity index (χ2n) is 9.90. The van der Waals surface area contributed by atoms with Gasteiger partial charge in [-0.2, -0.15) is 0 Å². The fourth-order valence-corrected chi connectivity index (χ4v) is 5.43. The maximum Gasteiger partial charge on any atom is 0.228 e. The number of pyridine rings is 1. The number of nitrogens with zero attached hydrogens (tertiary/aromatic N) is 4. The predicted molar refractivity (Wildman–Crippen MR) is 164 cm³/mol. The van der Waals surface area contributed by atoms with Crippen molar-refractivity contribution in [2.24, 2.45) is 0 Å². The summed E-state index contributed by atoms with van der Waals surface area (Å²) in [5, 5.41) is 3.11. The smallest absolute Gasteiger partial charge is 0.228 e. The third kappa shape index (κ3) is 4.03. The number of rotatable bonds is 4. The Kier molecular flexibility index (Phi) is 5.38. The Morgan fingerprint density at radius 1 is 0.415 bits per heavy atom. The van der Waals surface area contributed by atoms with Crippen LogP contribution in [0.25, 0.3) is 78.3 Å². The Morgan fingerprint density at radius 2 is 0.951 bits per heavy atom. The van der Waals surface area contributed by atoms with E-state index in [2.05, 4.69) is 42.5 Å². The van der Waals surface area contributed by atoms with Gasteiger partial charge >= 0.3 is 0 Å². The van der Waals surface area contributed by atoms with E-state index in [1.807, 2.05) is 91.0 Å². The quantitative estimate of drug-likeness (QED) is 0.229. The number of hydrogen-bond donors (Lipinski definition) is 0. The van der Waals surface area contributed by atoms with E-state index < -0.39 is 0 Å². The van der Waals surface area contributed by atoms with Gasteiger partial charge in [-0.05, 0) is 23.8 Å². The average Bonchev–Trinajstić information content (AvgIpc) is 3.42. The zero-order valence-electron chi connectivity index (χ0n) is 21.9. The minimum atomic E-state index is 0.617. The molecule has 3 heterocycles. The zero-order valence-corrected chi connectivity index (χ0v) is 21.9. The van der Waals surface area contributed by atoms with Crippen molar-refractivity contribution in [3.63, 3.8) is 0 Å². The number of furan rings is 1. The molecule has 0 fully saturated rings. The molecule has 41 heavy (non-hydrogen) atoms. The summed E-state index contributed by atoms with van der Waals surface area (Å²) in [6.45, 7) is 0. The maximum absolute atomic E-state index is 6.22. The molecule has 0 saturated carbocycles. The highest BCUT2D eigenvalue weighted by Gasteiger charge is 2.19. The van der Waals surface area contributed by atoms with Crippen LogP contribution in [-0.4, -0.2) is 19.9 Å². The van der Waals surface area contributed by atoms with Crippen LogP contribution < -0.4 is 0 Å². The molecule has 5 nitrogen and oxygen atoms in total. The van der Waals surface area contributed by atoms with E-state index in [9.17, 15) is 0 Å². The lowest BCUT2D eigenvalue weighted by molar-refractivity contribution is 0.656. The van der Waals surface area contributed by atoms with Crippen molar-refractivity contribution in [2.45, 2.75) is 0 Å². The Bertz CT molecular complexity index is 2150. The van der Waals surface area contributed by atoms with Gasteiger partial charge in [0, 0.05) is 33.0 Å². The Balaban J connectivity index is 1.38. The normalized spacial score (nSPS) is 11.4. The van der Waals surface area contributed by atoms with Gasteiger partial charge in [0.2, 0.25) is 5.71 Å². The molecule has 5 heteroatoms. The highest BCUT2D eigenvalue weighted by molar-refractivity contribution is 6.18. The highest BCUT2D eigenvalue weighted by atomic mass is 16.3. The predicted octanol–water partition coefficient (Wildman–Crippen LogP) is 8.99. The third-order valence-corrected chi connectivity index (χ3v) is 7.33. The molecule has 0 N–H and O–H groups in total. The molecule has 0 spiro atoms. The monoisotopic (exact) mass is 526 g/mol. The van der Waals surface area contributed by atoms with Gasteiger partial charge in [0.25, 0.3) is 0 Å². The van der Waals surface area contributed by atoms with Crippen molar-refractivity contribution >= 4 is 33.0 Å². The summed E-state index contributed by atoms with van der Waals surface area (Å²) in [5.74, 6) is 1.89. The molecule has 3 aromatic heterocycles. The average molecular weight is 527 g/mol. The van der Waals surface area contributed by atoms with Gasteiger partial charge in [-0.3, -0.25) is 0 Å². The van der Waals surface area contributed by atoms with Crippen LogP contribution >= 0.6 is 0 Å². The second kappa shape index (κ2) is 9.50. The third-order valence-electron chi connectivity index (χ3n) is 7.33. The molecule has 0 bridgehead atoms. The van der Waals surface area contributed by atoms with Gasteiger partial charge < -0.3 is 4.42 Å². The van der Waals surface area contributed by atoms with Gasteiger partial charge in [-0.1, -0.05) is 115 Å². The van der Waals surface area contributed by atoms with Gasteiger partial charge in [-0.15, -0.1) is 0 Å². The summed E-state index contributed by atoms with van der Waals surface area (Å²) in [5.41, 5.74) is 7.24. The maximum atomic E-state index is 6.22. The fraction of sp³-hybridized carbons (Fsp3) is 0. The summed E-state index contributed by atoms with van der Waals surface area (Å²) >= 11 is 0. The van der Waals surface area contributed by atoms with Crippen molar-refractivity contribution in [3.8, 4) is 45.3 Å². The number of benzene rings is 5. The topological polar surface area (TPSA) is 64.7 Å². The molecular weight excluding hydrogens is 504 g/mol. The summed E-state index contributed by atoms with van der Waals surface area (Å²) in [6.07, 6.45) is 0. The standard InChI is InChI=1S/C36H22N4O/c1-3-12-23(13-4-1)33-38-34(24-14-5-2-6-15-24)40-35(39-33)26-17-11-16-25(22-26)31-27-18-7-9-20-29(27)37-36-32(31)28-19-8-10-21-30(28)41-36/h1-22H. The molecule has 8 aromatic rings. The van der Waals surface area contributed by atoms with E-state index in [-0.39, 0.29) is 0 Å². The number of aromatic nitrogens is 4. The molecule has 0 aliphatic rings. The summed E-state index contributed by atoms with van der Waals surface area (Å²) in [6, 6.07) is 44.8. The van der Waals surface area contributed by atoms with Crippen LogP contribution in [-0.2, 0) is 0 Å². The first-order chi connectivity index (χ1) is 20.3. The van der Waals surface area contributed by atoms with E-state index in [0.717, 1.165) is 55.1 Å². The minimum absolute atomic E-state index is 0.617. The van der Waals surface area contributed by atoms with Crippen LogP contribution in [0.4, 0.5) is 0 Å². The largest absolute Gasteiger partial charge is 0.438 e. The molecule has 0 atom stereocenters. The van der Waals surface area contributed by atoms with Crippen LogP contribution in [0.3, 0.4) is 0 Å². The second-order valence-corrected chi connectivity index (χ2v) is 9.90. The Hall–Kier alpha value is -5.68. The molecule has 8 rings (SSSR count). The lowest BCUT2D eigenvalue weighted by Gasteiger charge is -2.11. The summed E-state index contributed by atoms with van der Waals surface area (Å²) in [7, 11) is 0. The van der Waals surface area contributed by atoms with Crippen molar-refractivity contribution in [1.29, 1.82) is 0 Å². The van der Waals surface area contributed by atoms with Crippen molar-refractivity contribution in [2.75, 3.05) is 0 Å². The molecule has 5 aromatic carbocycles.